The molecule has 2 aliphatic heterocycles. The number of aryl methyl sites for hydroxylation is 1. The summed E-state index contributed by atoms with van der Waals surface area (Å²) < 4.78 is 25.6. The van der Waals surface area contributed by atoms with Gasteiger partial charge < -0.3 is 4.90 Å². The van der Waals surface area contributed by atoms with Crippen molar-refractivity contribution in [3.8, 4) is 5.69 Å². The molecule has 2 aromatic carbocycles. The summed E-state index contributed by atoms with van der Waals surface area (Å²) in [6, 6.07) is 15.4. The van der Waals surface area contributed by atoms with Crippen molar-refractivity contribution in [2.45, 2.75) is 6.92 Å². The van der Waals surface area contributed by atoms with Crippen LogP contribution in [0.15, 0.2) is 60.7 Å². The van der Waals surface area contributed by atoms with Crippen LogP contribution < -0.4 is 0 Å². The number of amides is 1. The van der Waals surface area contributed by atoms with Crippen LogP contribution in [0.1, 0.15) is 22.8 Å². The zero-order chi connectivity index (χ0) is 22.5. The van der Waals surface area contributed by atoms with E-state index in [-0.39, 0.29) is 24.1 Å². The molecule has 0 bridgehead atoms. The number of rotatable bonds is 2. The second-order valence-electron chi connectivity index (χ2n) is 7.77. The number of fused-ring (bicyclic) bond motifs is 3. The molecule has 0 spiro atoms. The molecular formula is C23H19ClN4O3S. The molecule has 2 aliphatic rings. The SMILES string of the molecule is Cc1nnc2n1-c1ccccc1C(c1ccc(Cl)cc1)=C/C2=C/C(=O)N1CCS(=O)(=O)C1. The highest BCUT2D eigenvalue weighted by Gasteiger charge is 2.29. The fourth-order valence-corrected chi connectivity index (χ4v) is 5.51. The monoisotopic (exact) mass is 466 g/mol. The maximum Gasteiger partial charge on any atom is 0.248 e. The van der Waals surface area contributed by atoms with Crippen LogP contribution in [0.4, 0.5) is 0 Å². The molecule has 1 aromatic heterocycles. The number of benzene rings is 2. The highest BCUT2D eigenvalue weighted by Crippen LogP contribution is 2.36. The van der Waals surface area contributed by atoms with Crippen molar-refractivity contribution in [2.75, 3.05) is 18.2 Å². The average molecular weight is 467 g/mol. The summed E-state index contributed by atoms with van der Waals surface area (Å²) in [6.45, 7) is 2.04. The zero-order valence-corrected chi connectivity index (χ0v) is 18.8. The molecule has 5 rings (SSSR count). The Morgan fingerprint density at radius 2 is 1.84 bits per heavy atom. The van der Waals surface area contributed by atoms with E-state index in [1.54, 1.807) is 0 Å². The van der Waals surface area contributed by atoms with Gasteiger partial charge in [0.2, 0.25) is 5.91 Å². The second kappa shape index (κ2) is 7.72. The van der Waals surface area contributed by atoms with Crippen LogP contribution in [0.25, 0.3) is 16.8 Å². The lowest BCUT2D eigenvalue weighted by molar-refractivity contribution is -0.124. The summed E-state index contributed by atoms with van der Waals surface area (Å²) in [6.07, 6.45) is 3.35. The van der Waals surface area contributed by atoms with E-state index in [9.17, 15) is 13.2 Å². The number of hydrogen-bond acceptors (Lipinski definition) is 5. The summed E-state index contributed by atoms with van der Waals surface area (Å²) in [4.78, 5) is 14.3. The summed E-state index contributed by atoms with van der Waals surface area (Å²) in [7, 11) is -3.23. The summed E-state index contributed by atoms with van der Waals surface area (Å²) in [5.74, 6) is 0.546. The minimum absolute atomic E-state index is 0.0193. The molecule has 9 heteroatoms. The first-order chi connectivity index (χ1) is 15.3. The van der Waals surface area contributed by atoms with Crippen molar-refractivity contribution >= 4 is 38.5 Å². The molecule has 3 heterocycles. The molecule has 3 aromatic rings. The molecule has 32 heavy (non-hydrogen) atoms. The van der Waals surface area contributed by atoms with Gasteiger partial charge in [0.15, 0.2) is 15.7 Å². The number of sulfone groups is 1. The van der Waals surface area contributed by atoms with Crippen molar-refractivity contribution in [3.63, 3.8) is 0 Å². The summed E-state index contributed by atoms with van der Waals surface area (Å²) >= 11 is 6.10. The molecule has 7 nitrogen and oxygen atoms in total. The molecule has 1 saturated heterocycles. The lowest BCUT2D eigenvalue weighted by atomic mass is 9.95. The molecular weight excluding hydrogens is 448 g/mol. The van der Waals surface area contributed by atoms with Gasteiger partial charge in [0.25, 0.3) is 0 Å². The number of nitrogens with zero attached hydrogens (tertiary/aromatic N) is 4. The standard InChI is InChI=1S/C23H19ClN4O3S/c1-15-25-26-23-17(13-22(29)27-10-11-32(30,31)14-27)12-20(16-6-8-18(24)9-7-16)19-4-2-3-5-21(19)28(15)23/h2-9,12-13H,10-11,14H2,1H3/b17-13-. The fourth-order valence-electron chi connectivity index (χ4n) is 4.02. The Bertz CT molecular complexity index is 1410. The van der Waals surface area contributed by atoms with Crippen LogP contribution in [0, 0.1) is 6.92 Å². The van der Waals surface area contributed by atoms with Gasteiger partial charge in [-0.15, -0.1) is 10.2 Å². The van der Waals surface area contributed by atoms with Gasteiger partial charge in [-0.2, -0.15) is 0 Å². The first-order valence-corrected chi connectivity index (χ1v) is 12.2. The topological polar surface area (TPSA) is 85.2 Å². The zero-order valence-electron chi connectivity index (χ0n) is 17.2. The average Bonchev–Trinajstić information content (AvgIpc) is 3.29. The van der Waals surface area contributed by atoms with Crippen molar-refractivity contribution in [3.05, 3.63) is 88.5 Å². The largest absolute Gasteiger partial charge is 0.324 e. The van der Waals surface area contributed by atoms with Crippen LogP contribution in [0.5, 0.6) is 0 Å². The van der Waals surface area contributed by atoms with E-state index in [1.807, 2.05) is 66.1 Å². The van der Waals surface area contributed by atoms with Gasteiger partial charge in [-0.25, -0.2) is 8.42 Å². The van der Waals surface area contributed by atoms with Crippen molar-refractivity contribution in [2.24, 2.45) is 0 Å². The minimum atomic E-state index is -3.23. The number of carbonyl (C=O) groups is 1. The fraction of sp³-hybridized carbons (Fsp3) is 0.174. The van der Waals surface area contributed by atoms with Crippen LogP contribution in [0.3, 0.4) is 0 Å². The Hall–Kier alpha value is -3.23. The van der Waals surface area contributed by atoms with E-state index < -0.39 is 9.84 Å². The number of aromatic nitrogens is 3. The number of carbonyl (C=O) groups excluding carboxylic acids is 1. The first-order valence-electron chi connectivity index (χ1n) is 10.0. The van der Waals surface area contributed by atoms with E-state index in [0.29, 0.717) is 22.2 Å². The predicted octanol–water partition coefficient (Wildman–Crippen LogP) is 3.27. The maximum absolute atomic E-state index is 13.0. The molecule has 1 amide bonds. The van der Waals surface area contributed by atoms with Crippen molar-refractivity contribution in [1.82, 2.24) is 19.7 Å². The summed E-state index contributed by atoms with van der Waals surface area (Å²) in [5, 5.41) is 9.20. The number of para-hydroxylation sites is 1. The Morgan fingerprint density at radius 1 is 1.09 bits per heavy atom. The smallest absolute Gasteiger partial charge is 0.248 e. The van der Waals surface area contributed by atoms with Crippen molar-refractivity contribution < 1.29 is 13.2 Å². The third-order valence-electron chi connectivity index (χ3n) is 5.59. The van der Waals surface area contributed by atoms with E-state index in [1.165, 1.54) is 11.0 Å². The van der Waals surface area contributed by atoms with Gasteiger partial charge >= 0.3 is 0 Å². The third-order valence-corrected chi connectivity index (χ3v) is 7.35. The van der Waals surface area contributed by atoms with Gasteiger partial charge in [0.05, 0.1) is 11.4 Å². The van der Waals surface area contributed by atoms with Gasteiger partial charge in [-0.05, 0) is 42.3 Å². The highest BCUT2D eigenvalue weighted by molar-refractivity contribution is 7.91. The quantitative estimate of drug-likeness (QED) is 0.541. The van der Waals surface area contributed by atoms with E-state index in [4.69, 9.17) is 11.6 Å². The van der Waals surface area contributed by atoms with Crippen molar-refractivity contribution in [1.29, 1.82) is 0 Å². The molecule has 0 unspecified atom stereocenters. The molecule has 0 aliphatic carbocycles. The Kier molecular flexibility index (Phi) is 4.98. The predicted molar refractivity (Wildman–Crippen MR) is 123 cm³/mol. The molecule has 0 N–H and O–H groups in total. The van der Waals surface area contributed by atoms with Gasteiger partial charge in [-0.1, -0.05) is 41.9 Å². The third kappa shape index (κ3) is 3.65. The second-order valence-corrected chi connectivity index (χ2v) is 10.4. The van der Waals surface area contributed by atoms with Crippen LogP contribution in [0.2, 0.25) is 5.02 Å². The minimum Gasteiger partial charge on any atom is -0.324 e. The van der Waals surface area contributed by atoms with Crippen LogP contribution in [-0.2, 0) is 14.6 Å². The lowest BCUT2D eigenvalue weighted by Crippen LogP contribution is -2.27. The number of hydrogen-bond donors (Lipinski definition) is 0. The Balaban J connectivity index is 1.71. The molecule has 1 fully saturated rings. The van der Waals surface area contributed by atoms with Gasteiger partial charge in [0.1, 0.15) is 11.7 Å². The Morgan fingerprint density at radius 3 is 2.56 bits per heavy atom. The summed E-state index contributed by atoms with van der Waals surface area (Å²) in [5.41, 5.74) is 4.24. The maximum atomic E-state index is 13.0. The molecule has 0 radical (unpaired) electrons. The number of halogens is 1. The van der Waals surface area contributed by atoms with Crippen LogP contribution in [-0.4, -0.2) is 52.2 Å². The molecule has 0 saturated carbocycles. The van der Waals surface area contributed by atoms with Gasteiger partial charge in [0, 0.05) is 28.8 Å². The van der Waals surface area contributed by atoms with E-state index in [0.717, 1.165) is 22.4 Å². The van der Waals surface area contributed by atoms with E-state index >= 15 is 0 Å². The highest BCUT2D eigenvalue weighted by atomic mass is 35.5. The lowest BCUT2D eigenvalue weighted by Gasteiger charge is -2.13. The van der Waals surface area contributed by atoms with Gasteiger partial charge in [-0.3, -0.25) is 9.36 Å². The van der Waals surface area contributed by atoms with E-state index in [2.05, 4.69) is 10.2 Å². The first kappa shape index (κ1) is 20.7. The van der Waals surface area contributed by atoms with Crippen LogP contribution >= 0.6 is 11.6 Å². The Labute approximate surface area is 190 Å². The normalized spacial score (nSPS) is 18.1. The number of allylic oxidation sites excluding steroid dienone is 2. The molecule has 162 valence electrons. The molecule has 0 atom stereocenters.